The Morgan fingerprint density at radius 3 is 2.42 bits per heavy atom. The third kappa shape index (κ3) is 2.33. The Bertz CT molecular complexity index is 1110. The second kappa shape index (κ2) is 5.49. The SMILES string of the molecule is Cc1cccc(-c2ccccc2F)c1-c1ccc2[nH]c(=O)[nH]c2c1. The molecular formula is C20H15FN2O. The van der Waals surface area contributed by atoms with Crippen LogP contribution >= 0.6 is 0 Å². The van der Waals surface area contributed by atoms with Crippen molar-refractivity contribution in [3.8, 4) is 22.3 Å². The molecule has 2 N–H and O–H groups in total. The third-order valence-electron chi connectivity index (χ3n) is 4.24. The van der Waals surface area contributed by atoms with Gasteiger partial charge in [0, 0.05) is 5.56 Å². The quantitative estimate of drug-likeness (QED) is 0.556. The van der Waals surface area contributed by atoms with Crippen molar-refractivity contribution in [1.29, 1.82) is 0 Å². The van der Waals surface area contributed by atoms with Crippen LogP contribution in [-0.2, 0) is 0 Å². The molecule has 1 heterocycles. The smallest absolute Gasteiger partial charge is 0.306 e. The van der Waals surface area contributed by atoms with Crippen LogP contribution in [0.15, 0.2) is 65.5 Å². The average molecular weight is 318 g/mol. The van der Waals surface area contributed by atoms with Gasteiger partial charge in [-0.3, -0.25) is 0 Å². The minimum absolute atomic E-state index is 0.235. The van der Waals surface area contributed by atoms with E-state index in [9.17, 15) is 9.18 Å². The van der Waals surface area contributed by atoms with Crippen LogP contribution < -0.4 is 5.69 Å². The summed E-state index contributed by atoms with van der Waals surface area (Å²) in [6.45, 7) is 2.00. The van der Waals surface area contributed by atoms with E-state index >= 15 is 0 Å². The first kappa shape index (κ1) is 14.5. The molecule has 4 heteroatoms. The van der Waals surface area contributed by atoms with Crippen LogP contribution in [0, 0.1) is 12.7 Å². The Kier molecular flexibility index (Phi) is 3.31. The maximum Gasteiger partial charge on any atom is 0.323 e. The van der Waals surface area contributed by atoms with E-state index in [1.54, 1.807) is 12.1 Å². The fourth-order valence-electron chi connectivity index (χ4n) is 3.14. The van der Waals surface area contributed by atoms with Gasteiger partial charge in [-0.05, 0) is 47.4 Å². The summed E-state index contributed by atoms with van der Waals surface area (Å²) in [5.41, 5.74) is 5.61. The van der Waals surface area contributed by atoms with E-state index in [1.165, 1.54) is 6.07 Å². The number of H-pyrrole nitrogens is 2. The fraction of sp³-hybridized carbons (Fsp3) is 0.0500. The zero-order chi connectivity index (χ0) is 16.7. The van der Waals surface area contributed by atoms with Crippen molar-refractivity contribution in [3.05, 3.63) is 82.5 Å². The maximum absolute atomic E-state index is 14.3. The lowest BCUT2D eigenvalue weighted by Crippen LogP contribution is -1.99. The number of aromatic amines is 2. The van der Waals surface area contributed by atoms with Gasteiger partial charge >= 0.3 is 5.69 Å². The Hall–Kier alpha value is -3.14. The number of benzene rings is 3. The molecular weight excluding hydrogens is 303 g/mol. The Balaban J connectivity index is 2.00. The van der Waals surface area contributed by atoms with Crippen LogP contribution in [0.2, 0.25) is 0 Å². The van der Waals surface area contributed by atoms with Gasteiger partial charge in [-0.15, -0.1) is 0 Å². The monoisotopic (exact) mass is 318 g/mol. The molecule has 0 radical (unpaired) electrons. The van der Waals surface area contributed by atoms with E-state index in [-0.39, 0.29) is 11.5 Å². The highest BCUT2D eigenvalue weighted by atomic mass is 19.1. The second-order valence-corrected chi connectivity index (χ2v) is 5.82. The molecule has 0 spiro atoms. The highest BCUT2D eigenvalue weighted by Crippen LogP contribution is 2.36. The summed E-state index contributed by atoms with van der Waals surface area (Å²) < 4.78 is 14.3. The number of aryl methyl sites for hydroxylation is 1. The standard InChI is InChI=1S/C20H15FN2O/c1-12-5-4-7-15(14-6-2-3-8-16(14)21)19(12)13-9-10-17-18(11-13)23-20(24)22-17/h2-11H,1H3,(H2,22,23,24). The fourth-order valence-corrected chi connectivity index (χ4v) is 3.14. The van der Waals surface area contributed by atoms with E-state index in [1.807, 2.05) is 49.4 Å². The van der Waals surface area contributed by atoms with Gasteiger partial charge in [-0.25, -0.2) is 9.18 Å². The predicted octanol–water partition coefficient (Wildman–Crippen LogP) is 4.64. The molecule has 0 amide bonds. The molecule has 24 heavy (non-hydrogen) atoms. The molecule has 3 aromatic carbocycles. The Morgan fingerprint density at radius 2 is 1.58 bits per heavy atom. The number of aromatic nitrogens is 2. The Labute approximate surface area is 137 Å². The highest BCUT2D eigenvalue weighted by molar-refractivity contribution is 5.90. The summed E-state index contributed by atoms with van der Waals surface area (Å²) in [5.74, 6) is -0.250. The first-order chi connectivity index (χ1) is 11.6. The summed E-state index contributed by atoms with van der Waals surface area (Å²) in [6.07, 6.45) is 0. The van der Waals surface area contributed by atoms with Crippen molar-refractivity contribution >= 4 is 11.0 Å². The van der Waals surface area contributed by atoms with Crippen LogP contribution in [-0.4, -0.2) is 9.97 Å². The molecule has 0 saturated carbocycles. The van der Waals surface area contributed by atoms with Crippen molar-refractivity contribution in [2.75, 3.05) is 0 Å². The molecule has 0 bridgehead atoms. The number of nitrogens with one attached hydrogen (secondary N) is 2. The highest BCUT2D eigenvalue weighted by Gasteiger charge is 2.13. The number of imidazole rings is 1. The molecule has 0 aliphatic rings. The summed E-state index contributed by atoms with van der Waals surface area (Å²) in [4.78, 5) is 17.0. The zero-order valence-corrected chi connectivity index (χ0v) is 13.1. The van der Waals surface area contributed by atoms with Crippen LogP contribution in [0.4, 0.5) is 4.39 Å². The topological polar surface area (TPSA) is 48.6 Å². The molecule has 0 saturated heterocycles. The third-order valence-corrected chi connectivity index (χ3v) is 4.24. The first-order valence-corrected chi connectivity index (χ1v) is 7.70. The molecule has 0 atom stereocenters. The van der Waals surface area contributed by atoms with Crippen LogP contribution in [0.25, 0.3) is 33.3 Å². The van der Waals surface area contributed by atoms with Gasteiger partial charge in [-0.2, -0.15) is 0 Å². The molecule has 3 nitrogen and oxygen atoms in total. The van der Waals surface area contributed by atoms with Crippen LogP contribution in [0.1, 0.15) is 5.56 Å². The minimum Gasteiger partial charge on any atom is -0.306 e. The summed E-state index contributed by atoms with van der Waals surface area (Å²) in [7, 11) is 0. The lowest BCUT2D eigenvalue weighted by Gasteiger charge is -2.14. The number of hydrogen-bond donors (Lipinski definition) is 2. The van der Waals surface area contributed by atoms with Crippen molar-refractivity contribution < 1.29 is 4.39 Å². The van der Waals surface area contributed by atoms with Gasteiger partial charge in [-0.1, -0.05) is 42.5 Å². The van der Waals surface area contributed by atoms with E-state index in [0.717, 1.165) is 33.3 Å². The predicted molar refractivity (Wildman–Crippen MR) is 94.5 cm³/mol. The van der Waals surface area contributed by atoms with Gasteiger partial charge in [0.25, 0.3) is 0 Å². The molecule has 1 aromatic heterocycles. The molecule has 4 aromatic rings. The van der Waals surface area contributed by atoms with Gasteiger partial charge in [0.05, 0.1) is 11.0 Å². The maximum atomic E-state index is 14.3. The largest absolute Gasteiger partial charge is 0.323 e. The van der Waals surface area contributed by atoms with Gasteiger partial charge in [0.15, 0.2) is 0 Å². The van der Waals surface area contributed by atoms with E-state index in [0.29, 0.717) is 5.56 Å². The Morgan fingerprint density at radius 1 is 0.833 bits per heavy atom. The number of halogens is 1. The normalized spacial score (nSPS) is 11.1. The molecule has 0 aliphatic heterocycles. The number of rotatable bonds is 2. The number of fused-ring (bicyclic) bond motifs is 1. The van der Waals surface area contributed by atoms with Crippen molar-refractivity contribution in [3.63, 3.8) is 0 Å². The molecule has 0 fully saturated rings. The van der Waals surface area contributed by atoms with Crippen molar-refractivity contribution in [2.45, 2.75) is 6.92 Å². The van der Waals surface area contributed by atoms with Crippen molar-refractivity contribution in [1.82, 2.24) is 9.97 Å². The van der Waals surface area contributed by atoms with Gasteiger partial charge in [0.2, 0.25) is 0 Å². The zero-order valence-electron chi connectivity index (χ0n) is 13.1. The van der Waals surface area contributed by atoms with Crippen LogP contribution in [0.5, 0.6) is 0 Å². The van der Waals surface area contributed by atoms with Crippen LogP contribution in [0.3, 0.4) is 0 Å². The van der Waals surface area contributed by atoms with E-state index in [2.05, 4.69) is 9.97 Å². The lowest BCUT2D eigenvalue weighted by atomic mass is 9.90. The summed E-state index contributed by atoms with van der Waals surface area (Å²) >= 11 is 0. The minimum atomic E-state index is -0.250. The first-order valence-electron chi connectivity index (χ1n) is 7.70. The average Bonchev–Trinajstić information content (AvgIpc) is 2.94. The molecule has 0 aliphatic carbocycles. The van der Waals surface area contributed by atoms with Crippen molar-refractivity contribution in [2.24, 2.45) is 0 Å². The molecule has 0 unspecified atom stereocenters. The lowest BCUT2D eigenvalue weighted by molar-refractivity contribution is 0.631. The van der Waals surface area contributed by atoms with Gasteiger partial charge in [0.1, 0.15) is 5.82 Å². The molecule has 118 valence electrons. The van der Waals surface area contributed by atoms with Gasteiger partial charge < -0.3 is 9.97 Å². The van der Waals surface area contributed by atoms with E-state index in [4.69, 9.17) is 0 Å². The molecule has 4 rings (SSSR count). The summed E-state index contributed by atoms with van der Waals surface area (Å²) in [6, 6.07) is 18.3. The van der Waals surface area contributed by atoms with E-state index < -0.39 is 0 Å². The number of hydrogen-bond acceptors (Lipinski definition) is 1. The second-order valence-electron chi connectivity index (χ2n) is 5.82. The summed E-state index contributed by atoms with van der Waals surface area (Å²) in [5, 5.41) is 0.